The van der Waals surface area contributed by atoms with E-state index in [1.54, 1.807) is 50.2 Å². The highest BCUT2D eigenvalue weighted by Gasteiger charge is 2.27. The Hall–Kier alpha value is -2.49. The number of ether oxygens (including phenoxy) is 2. The highest BCUT2D eigenvalue weighted by Crippen LogP contribution is 2.36. The summed E-state index contributed by atoms with van der Waals surface area (Å²) in [5.41, 5.74) is 0.804. The monoisotopic (exact) mass is 602 g/mol. The van der Waals surface area contributed by atoms with Gasteiger partial charge in [0, 0.05) is 11.4 Å². The molecule has 0 unspecified atom stereocenters. The van der Waals surface area contributed by atoms with Crippen LogP contribution >= 0.6 is 57.7 Å². The Morgan fingerprint density at radius 2 is 1.76 bits per heavy atom. The first kappa shape index (κ1) is 29.1. The van der Waals surface area contributed by atoms with Gasteiger partial charge in [-0.2, -0.15) is 0 Å². The van der Waals surface area contributed by atoms with E-state index >= 15 is 0 Å². The topological polar surface area (TPSA) is 93.7 Å². The quantitative estimate of drug-likeness (QED) is 0.181. The summed E-state index contributed by atoms with van der Waals surface area (Å²) in [5, 5.41) is 6.96. The smallest absolute Gasteiger partial charge is 0.341 e. The van der Waals surface area contributed by atoms with E-state index in [1.807, 2.05) is 0 Å². The molecule has 1 heterocycles. The first-order valence-electron chi connectivity index (χ1n) is 11.1. The van der Waals surface area contributed by atoms with Gasteiger partial charge in [0.15, 0.2) is 0 Å². The summed E-state index contributed by atoms with van der Waals surface area (Å²) in [4.78, 5) is 38.5. The fourth-order valence-electron chi connectivity index (χ4n) is 3.24. The number of benzene rings is 2. The summed E-state index contributed by atoms with van der Waals surface area (Å²) in [5.74, 6) is -1.05. The molecule has 2 aromatic carbocycles. The molecule has 2 amide bonds. The number of rotatable bonds is 10. The third-order valence-electron chi connectivity index (χ3n) is 4.98. The van der Waals surface area contributed by atoms with Gasteiger partial charge in [-0.25, -0.2) is 4.79 Å². The third-order valence-corrected chi connectivity index (χ3v) is 7.54. The molecular formula is C25H22Cl4N2O5S. The summed E-state index contributed by atoms with van der Waals surface area (Å²) in [7, 11) is 0. The molecular weight excluding hydrogens is 582 g/mol. The molecule has 3 rings (SSSR count). The molecule has 0 bridgehead atoms. The van der Waals surface area contributed by atoms with Crippen molar-refractivity contribution in [2.45, 2.75) is 26.7 Å². The van der Waals surface area contributed by atoms with Crippen LogP contribution in [0.2, 0.25) is 20.1 Å². The molecule has 37 heavy (non-hydrogen) atoms. The number of anilines is 2. The first-order valence-corrected chi connectivity index (χ1v) is 13.4. The van der Waals surface area contributed by atoms with E-state index in [1.165, 1.54) is 0 Å². The number of hydrogen-bond donors (Lipinski definition) is 2. The van der Waals surface area contributed by atoms with Crippen molar-refractivity contribution >= 4 is 86.2 Å². The summed E-state index contributed by atoms with van der Waals surface area (Å²) < 4.78 is 10.7. The number of carbonyl (C=O) groups excluding carboxylic acids is 3. The lowest BCUT2D eigenvalue weighted by molar-refractivity contribution is -0.116. The zero-order valence-corrected chi connectivity index (χ0v) is 23.6. The molecule has 0 radical (unpaired) electrons. The Bertz CT molecular complexity index is 1330. The summed E-state index contributed by atoms with van der Waals surface area (Å²) in [6, 6.07) is 9.70. The zero-order chi connectivity index (χ0) is 27.1. The van der Waals surface area contributed by atoms with Crippen LogP contribution in [0.5, 0.6) is 5.75 Å². The molecule has 12 heteroatoms. The van der Waals surface area contributed by atoms with Gasteiger partial charge in [0.25, 0.3) is 5.91 Å². The largest absolute Gasteiger partial charge is 0.492 e. The number of carbonyl (C=O) groups is 3. The predicted octanol–water partition coefficient (Wildman–Crippen LogP) is 7.90. The van der Waals surface area contributed by atoms with E-state index in [0.717, 1.165) is 11.3 Å². The Kier molecular flexibility index (Phi) is 10.5. The van der Waals surface area contributed by atoms with E-state index in [4.69, 9.17) is 55.9 Å². The number of hydrogen-bond acceptors (Lipinski definition) is 6. The maximum atomic E-state index is 13.0. The van der Waals surface area contributed by atoms with Crippen molar-refractivity contribution in [1.82, 2.24) is 0 Å². The van der Waals surface area contributed by atoms with Crippen molar-refractivity contribution < 1.29 is 23.9 Å². The Balaban J connectivity index is 1.71. The van der Waals surface area contributed by atoms with Crippen molar-refractivity contribution in [1.29, 1.82) is 0 Å². The van der Waals surface area contributed by atoms with Crippen LogP contribution in [0.4, 0.5) is 10.7 Å². The zero-order valence-electron chi connectivity index (χ0n) is 19.8. The number of amides is 2. The summed E-state index contributed by atoms with van der Waals surface area (Å²) in [6.45, 7) is 3.64. The van der Waals surface area contributed by atoms with Gasteiger partial charge < -0.3 is 20.1 Å². The second-order valence-electron chi connectivity index (χ2n) is 7.61. The van der Waals surface area contributed by atoms with E-state index < -0.39 is 11.9 Å². The maximum Gasteiger partial charge on any atom is 0.341 e. The molecule has 0 fully saturated rings. The Morgan fingerprint density at radius 3 is 2.46 bits per heavy atom. The lowest BCUT2D eigenvalue weighted by Gasteiger charge is -2.09. The molecule has 0 aliphatic carbocycles. The number of halogens is 4. The first-order chi connectivity index (χ1) is 17.6. The average molecular weight is 604 g/mol. The van der Waals surface area contributed by atoms with Crippen molar-refractivity contribution in [3.63, 3.8) is 0 Å². The maximum absolute atomic E-state index is 13.0. The van der Waals surface area contributed by atoms with Crippen LogP contribution in [0.25, 0.3) is 0 Å². The summed E-state index contributed by atoms with van der Waals surface area (Å²) >= 11 is 25.1. The number of esters is 1. The fraction of sp³-hybridized carbons (Fsp3) is 0.240. The highest BCUT2D eigenvalue weighted by molar-refractivity contribution is 7.19. The number of nitrogens with one attached hydrogen (secondary N) is 2. The second-order valence-corrected chi connectivity index (χ2v) is 10.3. The molecule has 196 valence electrons. The molecule has 7 nitrogen and oxygen atoms in total. The Labute approximate surface area is 237 Å². The van der Waals surface area contributed by atoms with E-state index in [2.05, 4.69) is 10.6 Å². The lowest BCUT2D eigenvalue weighted by atomic mass is 10.1. The standard InChI is InChI=1S/C25H22Cl4N2O5S/c1-3-35-25(34)20-13(2)22(23(33)30-17-7-4-6-15(27)21(17)29)37-24(20)31-19(32)8-5-11-36-18-10-9-14(26)12-16(18)28/h4,6-7,9-10,12H,3,5,8,11H2,1-2H3,(H,30,33)(H,31,32). The molecule has 2 N–H and O–H groups in total. The lowest BCUT2D eigenvalue weighted by Crippen LogP contribution is -2.15. The van der Waals surface area contributed by atoms with E-state index in [0.29, 0.717) is 33.5 Å². The molecule has 1 aromatic heterocycles. The molecule has 0 atom stereocenters. The van der Waals surface area contributed by atoms with Crippen LogP contribution in [0, 0.1) is 6.92 Å². The minimum absolute atomic E-state index is 0.101. The van der Waals surface area contributed by atoms with Crippen LogP contribution in [0.3, 0.4) is 0 Å². The Morgan fingerprint density at radius 1 is 1.00 bits per heavy atom. The van der Waals surface area contributed by atoms with Crippen LogP contribution in [-0.4, -0.2) is 31.0 Å². The number of thiophene rings is 1. The molecule has 3 aromatic rings. The van der Waals surface area contributed by atoms with Crippen molar-refractivity contribution in [2.24, 2.45) is 0 Å². The molecule has 0 aliphatic rings. The van der Waals surface area contributed by atoms with E-state index in [9.17, 15) is 14.4 Å². The molecule has 0 saturated heterocycles. The molecule has 0 spiro atoms. The van der Waals surface area contributed by atoms with Crippen molar-refractivity contribution in [2.75, 3.05) is 23.8 Å². The SMILES string of the molecule is CCOC(=O)c1c(NC(=O)CCCOc2ccc(Cl)cc2Cl)sc(C(=O)Nc2cccc(Cl)c2Cl)c1C. The van der Waals surface area contributed by atoms with Crippen LogP contribution in [-0.2, 0) is 9.53 Å². The van der Waals surface area contributed by atoms with E-state index in [-0.39, 0.29) is 51.0 Å². The third kappa shape index (κ3) is 7.52. The van der Waals surface area contributed by atoms with Gasteiger partial charge in [0.05, 0.1) is 44.4 Å². The average Bonchev–Trinajstić information content (AvgIpc) is 3.16. The van der Waals surface area contributed by atoms with Gasteiger partial charge in [0.2, 0.25) is 5.91 Å². The van der Waals surface area contributed by atoms with Gasteiger partial charge in [-0.05, 0) is 56.2 Å². The normalized spacial score (nSPS) is 10.6. The van der Waals surface area contributed by atoms with Gasteiger partial charge in [-0.15, -0.1) is 11.3 Å². The highest BCUT2D eigenvalue weighted by atomic mass is 35.5. The van der Waals surface area contributed by atoms with Crippen molar-refractivity contribution in [3.05, 3.63) is 72.5 Å². The van der Waals surface area contributed by atoms with Crippen LogP contribution in [0.1, 0.15) is 45.4 Å². The fourth-order valence-corrected chi connectivity index (χ4v) is 5.16. The van der Waals surface area contributed by atoms with Gasteiger partial charge in [0.1, 0.15) is 10.8 Å². The van der Waals surface area contributed by atoms with Crippen LogP contribution < -0.4 is 15.4 Å². The molecule has 0 saturated carbocycles. The van der Waals surface area contributed by atoms with Gasteiger partial charge in [-0.3, -0.25) is 9.59 Å². The summed E-state index contributed by atoms with van der Waals surface area (Å²) in [6.07, 6.45) is 0.481. The van der Waals surface area contributed by atoms with Gasteiger partial charge >= 0.3 is 5.97 Å². The predicted molar refractivity (Wildman–Crippen MR) is 149 cm³/mol. The van der Waals surface area contributed by atoms with Gasteiger partial charge in [-0.1, -0.05) is 52.5 Å². The minimum atomic E-state index is -0.646. The minimum Gasteiger partial charge on any atom is -0.492 e. The van der Waals surface area contributed by atoms with Crippen molar-refractivity contribution in [3.8, 4) is 5.75 Å². The second kappa shape index (κ2) is 13.3. The van der Waals surface area contributed by atoms with Crippen LogP contribution in [0.15, 0.2) is 36.4 Å². The molecule has 0 aliphatic heterocycles.